The lowest BCUT2D eigenvalue weighted by molar-refractivity contribution is -0.138. The molecule has 1 aromatic carbocycles. The van der Waals surface area contributed by atoms with E-state index in [2.05, 4.69) is 43.1 Å². The van der Waals surface area contributed by atoms with Gasteiger partial charge in [0, 0.05) is 18.3 Å². The van der Waals surface area contributed by atoms with E-state index in [-0.39, 0.29) is 42.4 Å². The first-order chi connectivity index (χ1) is 13.1. The lowest BCUT2D eigenvalue weighted by Crippen LogP contribution is -2.43. The lowest BCUT2D eigenvalue weighted by atomic mass is 9.87. The second-order valence-electron chi connectivity index (χ2n) is 8.92. The molecule has 1 fully saturated rings. The Labute approximate surface area is 181 Å². The van der Waals surface area contributed by atoms with Crippen molar-refractivity contribution in [3.63, 3.8) is 0 Å². The van der Waals surface area contributed by atoms with Gasteiger partial charge in [-0.15, -0.1) is 12.4 Å². The number of carboxylic acid groups (broad SMARTS) is 1. The number of halogens is 1. The Hall–Kier alpha value is -1.63. The van der Waals surface area contributed by atoms with E-state index in [0.29, 0.717) is 0 Å². The summed E-state index contributed by atoms with van der Waals surface area (Å²) in [6, 6.07) is 8.09. The second kappa shape index (κ2) is 11.0. The van der Waals surface area contributed by atoms with Crippen molar-refractivity contribution in [2.24, 2.45) is 0 Å². The van der Waals surface area contributed by atoms with E-state index in [9.17, 15) is 9.59 Å². The summed E-state index contributed by atoms with van der Waals surface area (Å²) in [7, 11) is 1.87. The van der Waals surface area contributed by atoms with Gasteiger partial charge in [-0.05, 0) is 62.9 Å². The highest BCUT2D eigenvalue weighted by molar-refractivity contribution is 5.94. The molecule has 1 heterocycles. The Kier molecular flexibility index (Phi) is 9.59. The first-order valence-corrected chi connectivity index (χ1v) is 10.2. The molecule has 29 heavy (non-hydrogen) atoms. The topological polar surface area (TPSA) is 72.9 Å². The third kappa shape index (κ3) is 7.61. The van der Waals surface area contributed by atoms with Crippen molar-refractivity contribution in [1.82, 2.24) is 9.80 Å². The largest absolute Gasteiger partial charge is 0.480 e. The molecule has 1 amide bonds. The molecular weight excluding hydrogens is 390 g/mol. The zero-order chi connectivity index (χ0) is 20.9. The van der Waals surface area contributed by atoms with Gasteiger partial charge in [-0.25, -0.2) is 0 Å². The number of hydrogen-bond donors (Lipinski definition) is 2. The fourth-order valence-corrected chi connectivity index (χ4v) is 3.74. The fraction of sp³-hybridized carbons (Fsp3) is 0.636. The zero-order valence-electron chi connectivity index (χ0n) is 18.3. The summed E-state index contributed by atoms with van der Waals surface area (Å²) >= 11 is 0. The number of anilines is 1. The Morgan fingerprint density at radius 2 is 1.83 bits per heavy atom. The molecule has 1 aromatic rings. The highest BCUT2D eigenvalue weighted by atomic mass is 35.5. The molecule has 7 heteroatoms. The Bertz CT molecular complexity index is 673. The normalized spacial score (nSPS) is 19.2. The van der Waals surface area contributed by atoms with Crippen molar-refractivity contribution < 1.29 is 14.7 Å². The average molecular weight is 426 g/mol. The zero-order valence-corrected chi connectivity index (χ0v) is 19.1. The van der Waals surface area contributed by atoms with Crippen LogP contribution in [0.3, 0.4) is 0 Å². The van der Waals surface area contributed by atoms with Gasteiger partial charge in [0.1, 0.15) is 0 Å². The SMILES string of the molecule is CC(C(=O)Nc1ccc(C(C)(C)C)cc1)N1CCCC(N(C)CC(=O)O)CC1.Cl. The van der Waals surface area contributed by atoms with Gasteiger partial charge in [-0.1, -0.05) is 32.9 Å². The van der Waals surface area contributed by atoms with E-state index in [0.717, 1.165) is 38.0 Å². The molecule has 0 aliphatic carbocycles. The molecule has 1 saturated heterocycles. The molecule has 0 bridgehead atoms. The third-order valence-electron chi connectivity index (χ3n) is 5.69. The summed E-state index contributed by atoms with van der Waals surface area (Å²) < 4.78 is 0. The fourth-order valence-electron chi connectivity index (χ4n) is 3.74. The van der Waals surface area contributed by atoms with Crippen LogP contribution < -0.4 is 5.32 Å². The number of amides is 1. The quantitative estimate of drug-likeness (QED) is 0.728. The number of carbonyl (C=O) groups excluding carboxylic acids is 1. The van der Waals surface area contributed by atoms with Crippen LogP contribution in [-0.4, -0.2) is 65.5 Å². The van der Waals surface area contributed by atoms with E-state index >= 15 is 0 Å². The van der Waals surface area contributed by atoms with Crippen molar-refractivity contribution in [3.05, 3.63) is 29.8 Å². The van der Waals surface area contributed by atoms with Crippen LogP contribution in [0.2, 0.25) is 0 Å². The standard InChI is InChI=1S/C22H35N3O3.ClH/c1-16(21(28)23-18-10-8-17(9-11-18)22(2,3)4)25-13-6-7-19(12-14-25)24(5)15-20(26)27;/h8-11,16,19H,6-7,12-15H2,1-5H3,(H,23,28)(H,26,27);1H. The Balaban J connectivity index is 0.00000420. The van der Waals surface area contributed by atoms with Crippen LogP contribution in [0.25, 0.3) is 0 Å². The third-order valence-corrected chi connectivity index (χ3v) is 5.69. The Morgan fingerprint density at radius 3 is 2.38 bits per heavy atom. The number of aliphatic carboxylic acids is 1. The highest BCUT2D eigenvalue weighted by Crippen LogP contribution is 2.24. The van der Waals surface area contributed by atoms with Crippen molar-refractivity contribution in [2.75, 3.05) is 32.0 Å². The minimum absolute atomic E-state index is 0. The number of nitrogens with zero attached hydrogens (tertiary/aromatic N) is 2. The summed E-state index contributed by atoms with van der Waals surface area (Å²) in [6.07, 6.45) is 2.80. The molecule has 2 N–H and O–H groups in total. The van der Waals surface area contributed by atoms with Crippen LogP contribution in [0.5, 0.6) is 0 Å². The number of carboxylic acids is 1. The monoisotopic (exact) mass is 425 g/mol. The number of hydrogen-bond acceptors (Lipinski definition) is 4. The van der Waals surface area contributed by atoms with E-state index in [1.165, 1.54) is 5.56 Å². The summed E-state index contributed by atoms with van der Waals surface area (Å²) in [4.78, 5) is 27.8. The molecule has 0 spiro atoms. The van der Waals surface area contributed by atoms with Gasteiger partial charge in [0.05, 0.1) is 12.6 Å². The van der Waals surface area contributed by atoms with Gasteiger partial charge in [0.2, 0.25) is 5.91 Å². The number of likely N-dealkylation sites (tertiary alicyclic amines) is 1. The summed E-state index contributed by atoms with van der Waals surface area (Å²) in [6.45, 7) is 10.2. The van der Waals surface area contributed by atoms with Gasteiger partial charge in [-0.2, -0.15) is 0 Å². The predicted molar refractivity (Wildman–Crippen MR) is 120 cm³/mol. The van der Waals surface area contributed by atoms with Crippen molar-refractivity contribution >= 4 is 30.0 Å². The van der Waals surface area contributed by atoms with Crippen molar-refractivity contribution in [1.29, 1.82) is 0 Å². The highest BCUT2D eigenvalue weighted by Gasteiger charge is 2.27. The van der Waals surface area contributed by atoms with Crippen LogP contribution in [0.15, 0.2) is 24.3 Å². The van der Waals surface area contributed by atoms with Gasteiger partial charge in [-0.3, -0.25) is 19.4 Å². The minimum Gasteiger partial charge on any atom is -0.480 e. The molecule has 0 saturated carbocycles. The van der Waals surface area contributed by atoms with Crippen LogP contribution in [-0.2, 0) is 15.0 Å². The molecule has 2 rings (SSSR count). The van der Waals surface area contributed by atoms with Gasteiger partial charge < -0.3 is 10.4 Å². The van der Waals surface area contributed by atoms with Gasteiger partial charge >= 0.3 is 5.97 Å². The average Bonchev–Trinajstić information content (AvgIpc) is 2.86. The molecule has 164 valence electrons. The van der Waals surface area contributed by atoms with E-state index in [4.69, 9.17) is 5.11 Å². The smallest absolute Gasteiger partial charge is 0.317 e. The minimum atomic E-state index is -0.797. The second-order valence-corrected chi connectivity index (χ2v) is 8.92. The molecule has 0 aromatic heterocycles. The van der Waals surface area contributed by atoms with Gasteiger partial charge in [0.15, 0.2) is 0 Å². The predicted octanol–water partition coefficient (Wildman–Crippen LogP) is 3.60. The van der Waals surface area contributed by atoms with Crippen molar-refractivity contribution in [2.45, 2.75) is 64.5 Å². The van der Waals surface area contributed by atoms with Crippen LogP contribution in [0.4, 0.5) is 5.69 Å². The van der Waals surface area contributed by atoms with E-state index in [1.807, 2.05) is 31.0 Å². The number of nitrogens with one attached hydrogen (secondary N) is 1. The number of rotatable bonds is 6. The summed E-state index contributed by atoms with van der Waals surface area (Å²) in [5.41, 5.74) is 2.15. The van der Waals surface area contributed by atoms with E-state index in [1.54, 1.807) is 0 Å². The lowest BCUT2D eigenvalue weighted by Gasteiger charge is -2.28. The number of likely N-dealkylation sites (N-methyl/N-ethyl adjacent to an activating group) is 1. The van der Waals surface area contributed by atoms with Gasteiger partial charge in [0.25, 0.3) is 0 Å². The van der Waals surface area contributed by atoms with Crippen molar-refractivity contribution in [3.8, 4) is 0 Å². The molecule has 2 unspecified atom stereocenters. The number of carbonyl (C=O) groups is 2. The first kappa shape index (κ1) is 25.4. The van der Waals surface area contributed by atoms with Crippen LogP contribution >= 0.6 is 12.4 Å². The van der Waals surface area contributed by atoms with Crippen LogP contribution in [0, 0.1) is 0 Å². The molecule has 1 aliphatic heterocycles. The molecule has 1 aliphatic rings. The maximum Gasteiger partial charge on any atom is 0.317 e. The molecule has 2 atom stereocenters. The Morgan fingerprint density at radius 1 is 1.21 bits per heavy atom. The molecule has 0 radical (unpaired) electrons. The van der Waals surface area contributed by atoms with Crippen LogP contribution in [0.1, 0.15) is 52.5 Å². The number of benzene rings is 1. The summed E-state index contributed by atoms with van der Waals surface area (Å²) in [5.74, 6) is -0.797. The summed E-state index contributed by atoms with van der Waals surface area (Å²) in [5, 5.41) is 12.0. The molecular formula is C22H36ClN3O3. The first-order valence-electron chi connectivity index (χ1n) is 10.2. The van der Waals surface area contributed by atoms with E-state index < -0.39 is 5.97 Å². The maximum absolute atomic E-state index is 12.7. The molecule has 6 nitrogen and oxygen atoms in total. The maximum atomic E-state index is 12.7.